The molecule has 0 aliphatic rings. The van der Waals surface area contributed by atoms with Gasteiger partial charge in [0.05, 0.1) is 30.8 Å². The summed E-state index contributed by atoms with van der Waals surface area (Å²) in [6.07, 6.45) is 1.52. The zero-order chi connectivity index (χ0) is 17.3. The molecule has 0 saturated heterocycles. The lowest BCUT2D eigenvalue weighted by molar-refractivity contribution is 0.355. The average Bonchev–Trinajstić information content (AvgIpc) is 2.62. The van der Waals surface area contributed by atoms with Crippen LogP contribution < -0.4 is 20.8 Å². The summed E-state index contributed by atoms with van der Waals surface area (Å²) >= 11 is 0. The van der Waals surface area contributed by atoms with Crippen molar-refractivity contribution < 1.29 is 9.47 Å². The van der Waals surface area contributed by atoms with E-state index in [9.17, 15) is 10.1 Å². The van der Waals surface area contributed by atoms with Gasteiger partial charge in [0, 0.05) is 12.3 Å². The van der Waals surface area contributed by atoms with Crippen LogP contribution in [0.25, 0.3) is 16.6 Å². The molecule has 0 saturated carbocycles. The first kappa shape index (κ1) is 15.4. The zero-order valence-electron chi connectivity index (χ0n) is 13.1. The number of anilines is 1. The van der Waals surface area contributed by atoms with Gasteiger partial charge in [0.1, 0.15) is 17.5 Å². The number of nitrogens with two attached hydrogens (primary N) is 1. The molecule has 0 amide bonds. The van der Waals surface area contributed by atoms with Gasteiger partial charge >= 0.3 is 0 Å². The number of pyridine rings is 2. The van der Waals surface area contributed by atoms with Crippen LogP contribution in [-0.4, -0.2) is 23.8 Å². The highest BCUT2D eigenvalue weighted by molar-refractivity contribution is 5.87. The van der Waals surface area contributed by atoms with Gasteiger partial charge in [0.25, 0.3) is 5.56 Å². The Morgan fingerprint density at radius 1 is 1.21 bits per heavy atom. The third kappa shape index (κ3) is 2.21. The van der Waals surface area contributed by atoms with Crippen LogP contribution >= 0.6 is 0 Å². The molecule has 7 nitrogen and oxygen atoms in total. The lowest BCUT2D eigenvalue weighted by Crippen LogP contribution is -2.23. The molecule has 0 atom stereocenters. The van der Waals surface area contributed by atoms with E-state index in [1.165, 1.54) is 25.0 Å². The molecule has 0 fully saturated rings. The Morgan fingerprint density at radius 3 is 2.62 bits per heavy atom. The minimum absolute atomic E-state index is 0.0286. The maximum Gasteiger partial charge on any atom is 0.266 e. The minimum Gasteiger partial charge on any atom is -0.493 e. The smallest absolute Gasteiger partial charge is 0.266 e. The van der Waals surface area contributed by atoms with E-state index in [1.54, 1.807) is 30.3 Å². The molecule has 3 rings (SSSR count). The topological polar surface area (TPSA) is 103 Å². The maximum absolute atomic E-state index is 12.8. The highest BCUT2D eigenvalue weighted by atomic mass is 16.5. The Morgan fingerprint density at radius 2 is 1.96 bits per heavy atom. The number of ether oxygens (including phenoxy) is 2. The molecule has 3 aromatic rings. The Balaban J connectivity index is 2.39. The quantitative estimate of drug-likeness (QED) is 0.789. The van der Waals surface area contributed by atoms with Gasteiger partial charge in [-0.15, -0.1) is 0 Å². The van der Waals surface area contributed by atoms with Gasteiger partial charge in [0.15, 0.2) is 11.5 Å². The van der Waals surface area contributed by atoms with Crippen LogP contribution in [0.4, 0.5) is 5.82 Å². The minimum atomic E-state index is -0.359. The fourth-order valence-corrected chi connectivity index (χ4v) is 2.57. The number of fused-ring (bicyclic) bond motifs is 1. The normalized spacial score (nSPS) is 10.4. The van der Waals surface area contributed by atoms with Crippen molar-refractivity contribution in [3.8, 4) is 23.3 Å². The number of aromatic nitrogens is 2. The zero-order valence-corrected chi connectivity index (χ0v) is 13.1. The number of nitriles is 1. The molecular weight excluding hydrogens is 308 g/mol. The number of benzene rings is 1. The lowest BCUT2D eigenvalue weighted by atomic mass is 10.1. The number of nitrogens with zero attached hydrogens (tertiary/aromatic N) is 3. The van der Waals surface area contributed by atoms with Crippen molar-refractivity contribution in [2.45, 2.75) is 0 Å². The number of hydrogen-bond acceptors (Lipinski definition) is 6. The average molecular weight is 322 g/mol. The van der Waals surface area contributed by atoms with E-state index < -0.39 is 0 Å². The SMILES string of the molecule is COc1ccc(-n2c(N)c(C#N)c3ncccc3c2=O)cc1OC. The van der Waals surface area contributed by atoms with Crippen LogP contribution in [0.2, 0.25) is 0 Å². The summed E-state index contributed by atoms with van der Waals surface area (Å²) in [4.78, 5) is 16.9. The van der Waals surface area contributed by atoms with Crippen molar-refractivity contribution >= 4 is 16.7 Å². The third-order valence-electron chi connectivity index (χ3n) is 3.71. The van der Waals surface area contributed by atoms with E-state index in [1.807, 2.05) is 6.07 Å². The van der Waals surface area contributed by atoms with Gasteiger partial charge in [-0.1, -0.05) is 0 Å². The molecule has 2 heterocycles. The molecule has 0 bridgehead atoms. The van der Waals surface area contributed by atoms with Crippen molar-refractivity contribution in [2.24, 2.45) is 0 Å². The summed E-state index contributed by atoms with van der Waals surface area (Å²) in [6.45, 7) is 0. The molecule has 0 unspecified atom stereocenters. The highest BCUT2D eigenvalue weighted by Gasteiger charge is 2.17. The van der Waals surface area contributed by atoms with Crippen molar-refractivity contribution in [3.05, 3.63) is 52.4 Å². The summed E-state index contributed by atoms with van der Waals surface area (Å²) in [5.74, 6) is 1.00. The molecule has 0 aliphatic heterocycles. The Hall–Kier alpha value is -3.53. The first-order valence-electron chi connectivity index (χ1n) is 7.04. The van der Waals surface area contributed by atoms with E-state index in [0.29, 0.717) is 28.1 Å². The number of hydrogen-bond donors (Lipinski definition) is 1. The highest BCUT2D eigenvalue weighted by Crippen LogP contribution is 2.30. The van der Waals surface area contributed by atoms with Crippen LogP contribution in [0.5, 0.6) is 11.5 Å². The summed E-state index contributed by atoms with van der Waals surface area (Å²) in [7, 11) is 3.02. The lowest BCUT2D eigenvalue weighted by Gasteiger charge is -2.15. The van der Waals surface area contributed by atoms with E-state index in [2.05, 4.69) is 4.98 Å². The second-order valence-corrected chi connectivity index (χ2v) is 4.95. The summed E-state index contributed by atoms with van der Waals surface area (Å²) in [6, 6.07) is 10.2. The second-order valence-electron chi connectivity index (χ2n) is 4.95. The number of methoxy groups -OCH3 is 2. The molecule has 120 valence electrons. The van der Waals surface area contributed by atoms with Gasteiger partial charge in [-0.25, -0.2) is 0 Å². The molecule has 2 N–H and O–H groups in total. The fraction of sp³-hybridized carbons (Fsp3) is 0.118. The van der Waals surface area contributed by atoms with Crippen molar-refractivity contribution in [1.82, 2.24) is 9.55 Å². The molecule has 0 radical (unpaired) electrons. The molecule has 1 aromatic carbocycles. The van der Waals surface area contributed by atoms with Gasteiger partial charge in [-0.2, -0.15) is 5.26 Å². The summed E-state index contributed by atoms with van der Waals surface area (Å²) < 4.78 is 11.7. The van der Waals surface area contributed by atoms with Gasteiger partial charge < -0.3 is 15.2 Å². The predicted octanol–water partition coefficient (Wildman–Crippen LogP) is 1.86. The third-order valence-corrected chi connectivity index (χ3v) is 3.71. The van der Waals surface area contributed by atoms with Gasteiger partial charge in [0.2, 0.25) is 0 Å². The number of nitrogen functional groups attached to an aromatic ring is 1. The summed E-state index contributed by atoms with van der Waals surface area (Å²) in [5.41, 5.74) is 6.64. The molecule has 0 aliphatic carbocycles. The van der Waals surface area contributed by atoms with Crippen LogP contribution in [-0.2, 0) is 0 Å². The number of rotatable bonds is 3. The first-order valence-corrected chi connectivity index (χ1v) is 7.04. The first-order chi connectivity index (χ1) is 11.6. The second kappa shape index (κ2) is 5.93. The van der Waals surface area contributed by atoms with Gasteiger partial charge in [-0.3, -0.25) is 14.3 Å². The predicted molar refractivity (Wildman–Crippen MR) is 89.6 cm³/mol. The monoisotopic (exact) mass is 322 g/mol. The van der Waals surface area contributed by atoms with Crippen LogP contribution in [0.3, 0.4) is 0 Å². The van der Waals surface area contributed by atoms with Crippen LogP contribution in [0.15, 0.2) is 41.3 Å². The Labute approximate surface area is 137 Å². The van der Waals surface area contributed by atoms with Gasteiger partial charge in [-0.05, 0) is 24.3 Å². The van der Waals surface area contributed by atoms with E-state index in [0.717, 1.165) is 0 Å². The van der Waals surface area contributed by atoms with Crippen molar-refractivity contribution in [1.29, 1.82) is 5.26 Å². The fourth-order valence-electron chi connectivity index (χ4n) is 2.57. The Bertz CT molecular complexity index is 1030. The molecule has 7 heteroatoms. The molecular formula is C17H14N4O3. The molecule has 24 heavy (non-hydrogen) atoms. The van der Waals surface area contributed by atoms with Crippen LogP contribution in [0, 0.1) is 11.3 Å². The van der Waals surface area contributed by atoms with Crippen molar-refractivity contribution in [2.75, 3.05) is 20.0 Å². The van der Waals surface area contributed by atoms with E-state index in [-0.39, 0.29) is 16.9 Å². The maximum atomic E-state index is 12.8. The standard InChI is InChI=1S/C17H14N4O3/c1-23-13-6-5-10(8-14(13)24-2)21-16(19)12(9-18)15-11(17(21)22)4-3-7-20-15/h3-8H,19H2,1-2H3. The van der Waals surface area contributed by atoms with Crippen molar-refractivity contribution in [3.63, 3.8) is 0 Å². The van der Waals surface area contributed by atoms with E-state index in [4.69, 9.17) is 15.2 Å². The largest absolute Gasteiger partial charge is 0.493 e. The Kier molecular flexibility index (Phi) is 3.80. The molecule has 2 aromatic heterocycles. The van der Waals surface area contributed by atoms with Crippen LogP contribution in [0.1, 0.15) is 5.56 Å². The molecule has 0 spiro atoms. The summed E-state index contributed by atoms with van der Waals surface area (Å²) in [5, 5.41) is 9.75. The van der Waals surface area contributed by atoms with E-state index >= 15 is 0 Å².